The van der Waals surface area contributed by atoms with Crippen LogP contribution in [0.25, 0.3) is 11.0 Å². The number of aliphatic hydroxyl groups is 1. The third-order valence-electron chi connectivity index (χ3n) is 6.52. The van der Waals surface area contributed by atoms with Crippen LogP contribution in [0.15, 0.2) is 88.5 Å². The van der Waals surface area contributed by atoms with Crippen molar-refractivity contribution in [1.29, 1.82) is 0 Å². The van der Waals surface area contributed by atoms with E-state index < -0.39 is 29.5 Å². The number of aryl methyl sites for hydroxylation is 1. The number of ether oxygens (including phenoxy) is 2. The number of carbonyl (C=O) groups excluding carboxylic acids is 3. The molecule has 0 saturated heterocycles. The zero-order chi connectivity index (χ0) is 27.0. The number of nitrogens with zero attached hydrogens (tertiary/aromatic N) is 1. The molecule has 2 heterocycles. The number of hydrogen-bond donors (Lipinski definition) is 1. The van der Waals surface area contributed by atoms with E-state index in [4.69, 9.17) is 13.9 Å². The maximum atomic E-state index is 13.9. The first-order valence-corrected chi connectivity index (χ1v) is 12.1. The largest absolute Gasteiger partial charge is 0.503 e. The van der Waals surface area contributed by atoms with Crippen molar-refractivity contribution in [3.63, 3.8) is 0 Å². The van der Waals surface area contributed by atoms with Crippen LogP contribution >= 0.6 is 0 Å². The molecule has 0 saturated carbocycles. The lowest BCUT2D eigenvalue weighted by Gasteiger charge is -2.28. The van der Waals surface area contributed by atoms with Crippen LogP contribution in [0.1, 0.15) is 45.0 Å². The number of Topliss-reactive ketones (excluding diaryl/α,β-unsaturated/α-hetero) is 1. The summed E-state index contributed by atoms with van der Waals surface area (Å²) in [5.74, 6) is -2.22. The summed E-state index contributed by atoms with van der Waals surface area (Å²) in [6.45, 7) is 3.75. The number of anilines is 1. The van der Waals surface area contributed by atoms with Gasteiger partial charge in [0.15, 0.2) is 22.9 Å². The summed E-state index contributed by atoms with van der Waals surface area (Å²) in [7, 11) is 1.50. The fraction of sp³-hybridized carbons (Fsp3) is 0.167. The molecule has 1 aromatic heterocycles. The van der Waals surface area contributed by atoms with Gasteiger partial charge in [-0.25, -0.2) is 4.79 Å². The first-order chi connectivity index (χ1) is 18.3. The molecule has 5 rings (SSSR count). The highest BCUT2D eigenvalue weighted by Gasteiger charge is 2.46. The Hall–Kier alpha value is -4.85. The predicted molar refractivity (Wildman–Crippen MR) is 141 cm³/mol. The third kappa shape index (κ3) is 4.10. The molecule has 1 N–H and O–H groups in total. The SMILES string of the molecule is CCOC(=O)c1cccc(N2C(=O)C(O)=C(C(=O)c3cc4cccc(OC)c4o3)C2c2ccccc2C)c1. The highest BCUT2D eigenvalue weighted by Crippen LogP contribution is 2.43. The lowest BCUT2D eigenvalue weighted by Crippen LogP contribution is -2.31. The molecule has 0 fully saturated rings. The summed E-state index contributed by atoms with van der Waals surface area (Å²) in [6, 6.07) is 19.5. The summed E-state index contributed by atoms with van der Waals surface area (Å²) in [5, 5.41) is 11.7. The van der Waals surface area contributed by atoms with Gasteiger partial charge in [-0.3, -0.25) is 14.5 Å². The van der Waals surface area contributed by atoms with E-state index in [2.05, 4.69) is 0 Å². The number of ketones is 1. The van der Waals surface area contributed by atoms with E-state index in [0.29, 0.717) is 28.0 Å². The second-order valence-corrected chi connectivity index (χ2v) is 8.79. The highest BCUT2D eigenvalue weighted by atomic mass is 16.5. The molecular formula is C30H25NO7. The van der Waals surface area contributed by atoms with E-state index >= 15 is 0 Å². The van der Waals surface area contributed by atoms with Crippen molar-refractivity contribution in [2.75, 3.05) is 18.6 Å². The molecular weight excluding hydrogens is 486 g/mol. The fourth-order valence-electron chi connectivity index (χ4n) is 4.73. The van der Waals surface area contributed by atoms with Crippen molar-refractivity contribution >= 4 is 34.3 Å². The molecule has 192 valence electrons. The minimum absolute atomic E-state index is 0.0421. The van der Waals surface area contributed by atoms with Crippen LogP contribution in [-0.2, 0) is 9.53 Å². The number of furan rings is 1. The number of hydrogen-bond acceptors (Lipinski definition) is 7. The van der Waals surface area contributed by atoms with Gasteiger partial charge in [-0.05, 0) is 55.3 Å². The van der Waals surface area contributed by atoms with Crippen molar-refractivity contribution in [2.24, 2.45) is 0 Å². The van der Waals surface area contributed by atoms with Gasteiger partial charge < -0.3 is 19.0 Å². The molecule has 1 unspecified atom stereocenters. The summed E-state index contributed by atoms with van der Waals surface area (Å²) >= 11 is 0. The number of amides is 1. The number of carbonyl (C=O) groups is 3. The number of rotatable bonds is 7. The summed E-state index contributed by atoms with van der Waals surface area (Å²) < 4.78 is 16.3. The van der Waals surface area contributed by atoms with E-state index in [0.717, 1.165) is 5.56 Å². The van der Waals surface area contributed by atoms with Gasteiger partial charge in [-0.2, -0.15) is 0 Å². The molecule has 1 amide bonds. The number of para-hydroxylation sites is 1. The maximum Gasteiger partial charge on any atom is 0.338 e. The van der Waals surface area contributed by atoms with Crippen LogP contribution in [0.4, 0.5) is 5.69 Å². The monoisotopic (exact) mass is 511 g/mol. The molecule has 8 nitrogen and oxygen atoms in total. The Balaban J connectivity index is 1.65. The number of esters is 1. The van der Waals surface area contributed by atoms with Crippen molar-refractivity contribution in [1.82, 2.24) is 0 Å². The molecule has 1 aliphatic rings. The highest BCUT2D eigenvalue weighted by molar-refractivity contribution is 6.21. The molecule has 0 aliphatic carbocycles. The summed E-state index contributed by atoms with van der Waals surface area (Å²) in [5.41, 5.74) is 2.28. The quantitative estimate of drug-likeness (QED) is 0.250. The molecule has 1 aliphatic heterocycles. The van der Waals surface area contributed by atoms with Gasteiger partial charge in [0.2, 0.25) is 5.78 Å². The van der Waals surface area contributed by atoms with Crippen molar-refractivity contribution in [2.45, 2.75) is 19.9 Å². The fourth-order valence-corrected chi connectivity index (χ4v) is 4.73. The number of benzene rings is 3. The van der Waals surface area contributed by atoms with E-state index in [-0.39, 0.29) is 23.5 Å². The van der Waals surface area contributed by atoms with Crippen LogP contribution in [0, 0.1) is 6.92 Å². The number of methoxy groups -OCH3 is 1. The van der Waals surface area contributed by atoms with Crippen LogP contribution in [0.2, 0.25) is 0 Å². The van der Waals surface area contributed by atoms with Crippen molar-refractivity contribution in [3.05, 3.63) is 107 Å². The molecule has 4 aromatic rings. The first-order valence-electron chi connectivity index (χ1n) is 12.1. The zero-order valence-electron chi connectivity index (χ0n) is 21.1. The zero-order valence-corrected chi connectivity index (χ0v) is 21.1. The first kappa shape index (κ1) is 24.8. The second-order valence-electron chi connectivity index (χ2n) is 8.79. The summed E-state index contributed by atoms with van der Waals surface area (Å²) in [6.07, 6.45) is 0. The van der Waals surface area contributed by atoms with Crippen LogP contribution in [-0.4, -0.2) is 36.5 Å². The number of aliphatic hydroxyl groups excluding tert-OH is 1. The Morgan fingerprint density at radius 1 is 1.03 bits per heavy atom. The Morgan fingerprint density at radius 2 is 1.79 bits per heavy atom. The molecule has 0 bridgehead atoms. The van der Waals surface area contributed by atoms with Gasteiger partial charge in [0.05, 0.1) is 30.9 Å². The minimum Gasteiger partial charge on any atom is -0.503 e. The minimum atomic E-state index is -0.969. The second kappa shape index (κ2) is 9.89. The molecule has 0 spiro atoms. The van der Waals surface area contributed by atoms with Gasteiger partial charge in [0, 0.05) is 11.1 Å². The maximum absolute atomic E-state index is 13.9. The molecule has 0 radical (unpaired) electrons. The molecule has 38 heavy (non-hydrogen) atoms. The number of fused-ring (bicyclic) bond motifs is 1. The van der Waals surface area contributed by atoms with Gasteiger partial charge in [0.1, 0.15) is 0 Å². The normalized spacial score (nSPS) is 15.3. The Morgan fingerprint density at radius 3 is 2.53 bits per heavy atom. The standard InChI is InChI=1S/C30H25NO7/c1-4-37-30(35)19-11-7-12-20(15-19)31-25(21-13-6-5-9-17(21)2)24(27(33)29(31)34)26(32)23-16-18-10-8-14-22(36-3)28(18)38-23/h5-16,25,33H,4H2,1-3H3. The Bertz CT molecular complexity index is 1610. The predicted octanol–water partition coefficient (Wildman–Crippen LogP) is 5.71. The lowest BCUT2D eigenvalue weighted by atomic mass is 9.92. The van der Waals surface area contributed by atoms with E-state index in [1.807, 2.05) is 19.1 Å². The van der Waals surface area contributed by atoms with Crippen molar-refractivity contribution < 1.29 is 33.4 Å². The van der Waals surface area contributed by atoms with Crippen LogP contribution in [0.3, 0.4) is 0 Å². The van der Waals surface area contributed by atoms with E-state index in [1.54, 1.807) is 61.5 Å². The van der Waals surface area contributed by atoms with Gasteiger partial charge >= 0.3 is 5.97 Å². The lowest BCUT2D eigenvalue weighted by molar-refractivity contribution is -0.117. The average molecular weight is 512 g/mol. The average Bonchev–Trinajstić information content (AvgIpc) is 3.48. The van der Waals surface area contributed by atoms with Gasteiger partial charge in [0.25, 0.3) is 5.91 Å². The Labute approximate surface area is 218 Å². The molecule has 3 aromatic carbocycles. The van der Waals surface area contributed by atoms with Crippen molar-refractivity contribution in [3.8, 4) is 5.75 Å². The summed E-state index contributed by atoms with van der Waals surface area (Å²) in [4.78, 5) is 41.1. The van der Waals surface area contributed by atoms with Gasteiger partial charge in [-0.15, -0.1) is 0 Å². The molecule has 1 atom stereocenters. The van der Waals surface area contributed by atoms with E-state index in [1.165, 1.54) is 18.1 Å². The van der Waals surface area contributed by atoms with Gasteiger partial charge in [-0.1, -0.05) is 42.5 Å². The Kier molecular flexibility index (Phi) is 6.46. The molecule has 8 heteroatoms. The topological polar surface area (TPSA) is 106 Å². The van der Waals surface area contributed by atoms with Crippen LogP contribution < -0.4 is 9.64 Å². The third-order valence-corrected chi connectivity index (χ3v) is 6.52. The van der Waals surface area contributed by atoms with E-state index in [9.17, 15) is 19.5 Å². The smallest absolute Gasteiger partial charge is 0.338 e. The van der Waals surface area contributed by atoms with Crippen LogP contribution in [0.5, 0.6) is 5.75 Å².